The standard InChI is InChI=1S/C27H29N5O3/c1-31-16-22(18-8-11-32(12-9-18)27(35)20-3-2-4-25(20)33)21-14-19(5-6-24(21)31)30-26(34)23-13-17(15-28)7-10-29-23/h5-7,10,13-14,16,18,20,25,33H,2-4,8-9,11-12H2,1H3,(H,30,34)/t20-,25+/m0/s1. The van der Waals surface area contributed by atoms with Crippen molar-refractivity contribution in [3.05, 3.63) is 59.5 Å². The number of fused-ring (bicyclic) bond motifs is 1. The number of nitrogens with zero attached hydrogens (tertiary/aromatic N) is 4. The van der Waals surface area contributed by atoms with Crippen molar-refractivity contribution >= 4 is 28.4 Å². The molecule has 2 aromatic heterocycles. The largest absolute Gasteiger partial charge is 0.392 e. The van der Waals surface area contributed by atoms with Crippen LogP contribution in [-0.4, -0.2) is 50.6 Å². The minimum atomic E-state index is -0.496. The number of benzene rings is 1. The fraction of sp³-hybridized carbons (Fsp3) is 0.407. The first-order chi connectivity index (χ1) is 16.9. The van der Waals surface area contributed by atoms with Crippen LogP contribution in [0.1, 0.15) is 59.6 Å². The van der Waals surface area contributed by atoms with Gasteiger partial charge in [0.2, 0.25) is 5.91 Å². The molecular weight excluding hydrogens is 442 g/mol. The highest BCUT2D eigenvalue weighted by atomic mass is 16.3. The third-order valence-corrected chi connectivity index (χ3v) is 7.44. The Bertz CT molecular complexity index is 1320. The molecule has 3 aromatic rings. The highest BCUT2D eigenvalue weighted by molar-refractivity contribution is 6.04. The van der Waals surface area contributed by atoms with Crippen molar-refractivity contribution in [3.8, 4) is 6.07 Å². The molecule has 0 radical (unpaired) electrons. The van der Waals surface area contributed by atoms with Crippen LogP contribution in [0.25, 0.3) is 10.9 Å². The lowest BCUT2D eigenvalue weighted by molar-refractivity contribution is -0.139. The van der Waals surface area contributed by atoms with E-state index in [0.717, 1.165) is 43.0 Å². The smallest absolute Gasteiger partial charge is 0.274 e. The van der Waals surface area contributed by atoms with E-state index in [0.29, 0.717) is 30.3 Å². The Kier molecular flexibility index (Phi) is 6.27. The summed E-state index contributed by atoms with van der Waals surface area (Å²) in [5.41, 5.74) is 3.55. The van der Waals surface area contributed by atoms with E-state index >= 15 is 0 Å². The van der Waals surface area contributed by atoms with Gasteiger partial charge in [0.05, 0.1) is 23.7 Å². The molecule has 1 aromatic carbocycles. The Labute approximate surface area is 204 Å². The number of rotatable bonds is 4. The molecular formula is C27H29N5O3. The van der Waals surface area contributed by atoms with E-state index in [1.807, 2.05) is 36.2 Å². The minimum absolute atomic E-state index is 0.102. The van der Waals surface area contributed by atoms with Gasteiger partial charge in [-0.25, -0.2) is 0 Å². The molecule has 2 fully saturated rings. The second-order valence-electron chi connectivity index (χ2n) is 9.63. The van der Waals surface area contributed by atoms with E-state index in [2.05, 4.69) is 21.1 Å². The third-order valence-electron chi connectivity index (χ3n) is 7.44. The molecule has 0 spiro atoms. The zero-order valence-corrected chi connectivity index (χ0v) is 19.8. The molecule has 8 nitrogen and oxygen atoms in total. The SMILES string of the molecule is Cn1cc(C2CCN(C(=O)[C@H]3CCC[C@H]3O)CC2)c2cc(NC(=O)c3cc(C#N)ccn3)ccc21. The Balaban J connectivity index is 1.32. The Hall–Kier alpha value is -3.70. The number of carbonyl (C=O) groups excluding carboxylic acids is 2. The predicted octanol–water partition coefficient (Wildman–Crippen LogP) is 3.56. The highest BCUT2D eigenvalue weighted by Gasteiger charge is 2.36. The van der Waals surface area contributed by atoms with Gasteiger partial charge in [-0.15, -0.1) is 0 Å². The summed E-state index contributed by atoms with van der Waals surface area (Å²) in [6.45, 7) is 1.39. The topological polar surface area (TPSA) is 111 Å². The number of aryl methyl sites for hydroxylation is 1. The molecule has 2 amide bonds. The number of aromatic nitrogens is 2. The number of anilines is 1. The van der Waals surface area contributed by atoms with E-state index < -0.39 is 6.10 Å². The van der Waals surface area contributed by atoms with Crippen molar-refractivity contribution < 1.29 is 14.7 Å². The van der Waals surface area contributed by atoms with E-state index in [1.54, 1.807) is 6.07 Å². The van der Waals surface area contributed by atoms with Crippen LogP contribution in [0.15, 0.2) is 42.7 Å². The average Bonchev–Trinajstić information content (AvgIpc) is 3.46. The summed E-state index contributed by atoms with van der Waals surface area (Å²) in [5, 5.41) is 23.2. The molecule has 0 unspecified atom stereocenters. The lowest BCUT2D eigenvalue weighted by Gasteiger charge is -2.34. The molecule has 2 atom stereocenters. The van der Waals surface area contributed by atoms with Gasteiger partial charge >= 0.3 is 0 Å². The number of piperidine rings is 1. The molecule has 1 aliphatic heterocycles. The van der Waals surface area contributed by atoms with Crippen molar-refractivity contribution in [2.75, 3.05) is 18.4 Å². The lowest BCUT2D eigenvalue weighted by atomic mass is 9.88. The highest BCUT2D eigenvalue weighted by Crippen LogP contribution is 2.36. The van der Waals surface area contributed by atoms with Crippen LogP contribution in [-0.2, 0) is 11.8 Å². The van der Waals surface area contributed by atoms with Crippen LogP contribution in [0.3, 0.4) is 0 Å². The predicted molar refractivity (Wildman–Crippen MR) is 132 cm³/mol. The van der Waals surface area contributed by atoms with Gasteiger partial charge < -0.3 is 19.9 Å². The summed E-state index contributed by atoms with van der Waals surface area (Å²) in [7, 11) is 2.02. The van der Waals surface area contributed by atoms with Gasteiger partial charge in [0.1, 0.15) is 5.69 Å². The first-order valence-electron chi connectivity index (χ1n) is 12.2. The third kappa shape index (κ3) is 4.52. The monoisotopic (exact) mass is 471 g/mol. The molecule has 8 heteroatoms. The van der Waals surface area contributed by atoms with Crippen molar-refractivity contribution in [2.45, 2.75) is 44.1 Å². The quantitative estimate of drug-likeness (QED) is 0.604. The number of hydrogen-bond donors (Lipinski definition) is 2. The van der Waals surface area contributed by atoms with Crippen LogP contribution in [0.4, 0.5) is 5.69 Å². The fourth-order valence-corrected chi connectivity index (χ4v) is 5.52. The summed E-state index contributed by atoms with van der Waals surface area (Å²) in [4.78, 5) is 31.6. The number of aliphatic hydroxyl groups excluding tert-OH is 1. The fourth-order valence-electron chi connectivity index (χ4n) is 5.52. The van der Waals surface area contributed by atoms with Gasteiger partial charge in [-0.1, -0.05) is 0 Å². The molecule has 180 valence electrons. The first kappa shape index (κ1) is 23.1. The summed E-state index contributed by atoms with van der Waals surface area (Å²) >= 11 is 0. The number of likely N-dealkylation sites (tertiary alicyclic amines) is 1. The summed E-state index contributed by atoms with van der Waals surface area (Å²) in [6, 6.07) is 10.9. The summed E-state index contributed by atoms with van der Waals surface area (Å²) in [6.07, 6.45) is 7.28. The van der Waals surface area contributed by atoms with Gasteiger partial charge in [-0.3, -0.25) is 14.6 Å². The number of carbonyl (C=O) groups is 2. The second-order valence-corrected chi connectivity index (χ2v) is 9.63. The molecule has 2 aliphatic rings. The van der Waals surface area contributed by atoms with Crippen molar-refractivity contribution in [1.82, 2.24) is 14.5 Å². The maximum absolute atomic E-state index is 12.9. The number of amides is 2. The number of nitriles is 1. The van der Waals surface area contributed by atoms with Gasteiger partial charge in [0, 0.05) is 49.1 Å². The summed E-state index contributed by atoms with van der Waals surface area (Å²) in [5.74, 6) is -0.180. The lowest BCUT2D eigenvalue weighted by Crippen LogP contribution is -2.43. The zero-order chi connectivity index (χ0) is 24.5. The molecule has 3 heterocycles. The molecule has 35 heavy (non-hydrogen) atoms. The van der Waals surface area contributed by atoms with Gasteiger partial charge in [-0.05, 0) is 73.9 Å². The van der Waals surface area contributed by atoms with Crippen molar-refractivity contribution in [3.63, 3.8) is 0 Å². The Morgan fingerprint density at radius 2 is 1.94 bits per heavy atom. The van der Waals surface area contributed by atoms with E-state index in [9.17, 15) is 14.7 Å². The second kappa shape index (κ2) is 9.51. The van der Waals surface area contributed by atoms with Gasteiger partial charge in [-0.2, -0.15) is 5.26 Å². The minimum Gasteiger partial charge on any atom is -0.392 e. The maximum Gasteiger partial charge on any atom is 0.274 e. The normalized spacial score (nSPS) is 20.7. The molecule has 1 saturated heterocycles. The van der Waals surface area contributed by atoms with Crippen LogP contribution in [0, 0.1) is 17.2 Å². The van der Waals surface area contributed by atoms with Gasteiger partial charge in [0.25, 0.3) is 5.91 Å². The van der Waals surface area contributed by atoms with Crippen molar-refractivity contribution in [1.29, 1.82) is 5.26 Å². The maximum atomic E-state index is 12.9. The molecule has 0 bridgehead atoms. The van der Waals surface area contributed by atoms with Crippen LogP contribution < -0.4 is 5.32 Å². The summed E-state index contributed by atoms with van der Waals surface area (Å²) < 4.78 is 2.10. The average molecular weight is 472 g/mol. The number of pyridine rings is 1. The number of nitrogens with one attached hydrogen (secondary N) is 1. The van der Waals surface area contributed by atoms with Crippen LogP contribution >= 0.6 is 0 Å². The van der Waals surface area contributed by atoms with Crippen LogP contribution in [0.2, 0.25) is 0 Å². The first-order valence-corrected chi connectivity index (χ1v) is 12.2. The zero-order valence-electron chi connectivity index (χ0n) is 19.8. The van der Waals surface area contributed by atoms with Gasteiger partial charge in [0.15, 0.2) is 0 Å². The number of hydrogen-bond acceptors (Lipinski definition) is 5. The Morgan fingerprint density at radius 3 is 2.66 bits per heavy atom. The Morgan fingerprint density at radius 1 is 1.14 bits per heavy atom. The molecule has 1 saturated carbocycles. The van der Waals surface area contributed by atoms with Crippen molar-refractivity contribution in [2.24, 2.45) is 13.0 Å². The molecule has 5 rings (SSSR count). The number of aliphatic hydroxyl groups is 1. The van der Waals surface area contributed by atoms with E-state index in [1.165, 1.54) is 17.8 Å². The molecule has 2 N–H and O–H groups in total. The van der Waals surface area contributed by atoms with Crippen LogP contribution in [0.5, 0.6) is 0 Å². The van der Waals surface area contributed by atoms with E-state index in [4.69, 9.17) is 5.26 Å². The molecule has 1 aliphatic carbocycles. The van der Waals surface area contributed by atoms with E-state index in [-0.39, 0.29) is 23.4 Å².